The molecule has 0 aliphatic heterocycles. The van der Waals surface area contributed by atoms with E-state index < -0.39 is 17.8 Å². The summed E-state index contributed by atoms with van der Waals surface area (Å²) in [7, 11) is 1.38. The third kappa shape index (κ3) is 3.18. The van der Waals surface area contributed by atoms with E-state index in [1.165, 1.54) is 26.2 Å². The normalized spacial score (nSPS) is 13.2. The topological polar surface area (TPSA) is 46.5 Å². The molecule has 18 heavy (non-hydrogen) atoms. The largest absolute Gasteiger partial charge is 0.496 e. The van der Waals surface area contributed by atoms with Crippen LogP contribution in [0.1, 0.15) is 25.0 Å². The third-order valence-corrected chi connectivity index (χ3v) is 2.76. The first-order chi connectivity index (χ1) is 8.27. The van der Waals surface area contributed by atoms with Gasteiger partial charge in [-0.3, -0.25) is 4.79 Å². The van der Waals surface area contributed by atoms with Crippen LogP contribution in [0.15, 0.2) is 18.2 Å². The van der Waals surface area contributed by atoms with Gasteiger partial charge in [0.15, 0.2) is 0 Å². The van der Waals surface area contributed by atoms with Crippen LogP contribution >= 0.6 is 0 Å². The molecule has 1 atom stereocenters. The van der Waals surface area contributed by atoms with Crippen molar-refractivity contribution >= 4 is 5.97 Å². The number of carboxylic acids is 1. The molecule has 0 aliphatic carbocycles. The van der Waals surface area contributed by atoms with Crippen LogP contribution in [-0.4, -0.2) is 18.2 Å². The van der Waals surface area contributed by atoms with E-state index in [0.29, 0.717) is 5.75 Å². The van der Waals surface area contributed by atoms with Crippen molar-refractivity contribution in [3.63, 3.8) is 0 Å². The van der Waals surface area contributed by atoms with E-state index in [1.54, 1.807) is 6.07 Å². The Balaban J connectivity index is 3.24. The molecule has 0 bridgehead atoms. The Kier molecular flexibility index (Phi) is 4.27. The van der Waals surface area contributed by atoms with E-state index in [1.807, 2.05) is 0 Å². The summed E-state index contributed by atoms with van der Waals surface area (Å²) < 4.78 is 32.0. The standard InChI is InChI=1S/C13H16F2O3/c1-8(12(16)17)7-9-10(13(2,14)15)5-4-6-11(9)18-3/h4-6,8H,7H2,1-3H3,(H,16,17). The maximum atomic E-state index is 13.5. The highest BCUT2D eigenvalue weighted by Gasteiger charge is 2.30. The number of alkyl halides is 2. The van der Waals surface area contributed by atoms with Crippen molar-refractivity contribution < 1.29 is 23.4 Å². The zero-order chi connectivity index (χ0) is 13.9. The molecule has 100 valence electrons. The molecule has 1 aromatic carbocycles. The van der Waals surface area contributed by atoms with Crippen molar-refractivity contribution in [3.05, 3.63) is 29.3 Å². The van der Waals surface area contributed by atoms with Crippen LogP contribution in [0.4, 0.5) is 8.78 Å². The van der Waals surface area contributed by atoms with Crippen LogP contribution in [0.3, 0.4) is 0 Å². The number of rotatable bonds is 5. The van der Waals surface area contributed by atoms with E-state index >= 15 is 0 Å². The van der Waals surface area contributed by atoms with Crippen LogP contribution in [-0.2, 0) is 17.1 Å². The number of methoxy groups -OCH3 is 1. The van der Waals surface area contributed by atoms with Gasteiger partial charge in [-0.25, -0.2) is 8.78 Å². The molecular formula is C13H16F2O3. The monoisotopic (exact) mass is 258 g/mol. The van der Waals surface area contributed by atoms with Gasteiger partial charge in [0.2, 0.25) is 0 Å². The summed E-state index contributed by atoms with van der Waals surface area (Å²) in [5, 5.41) is 8.87. The lowest BCUT2D eigenvalue weighted by Crippen LogP contribution is -2.17. The molecule has 1 aromatic rings. The van der Waals surface area contributed by atoms with Crippen molar-refractivity contribution in [1.29, 1.82) is 0 Å². The fourth-order valence-corrected chi connectivity index (χ4v) is 1.77. The second-order valence-electron chi connectivity index (χ2n) is 4.32. The smallest absolute Gasteiger partial charge is 0.306 e. The zero-order valence-electron chi connectivity index (χ0n) is 10.5. The van der Waals surface area contributed by atoms with E-state index in [2.05, 4.69) is 0 Å². The number of benzene rings is 1. The quantitative estimate of drug-likeness (QED) is 0.882. The van der Waals surface area contributed by atoms with Gasteiger partial charge in [-0.05, 0) is 12.5 Å². The summed E-state index contributed by atoms with van der Waals surface area (Å²) in [5.41, 5.74) is 0.0670. The van der Waals surface area contributed by atoms with E-state index in [9.17, 15) is 13.6 Å². The van der Waals surface area contributed by atoms with Crippen LogP contribution in [0, 0.1) is 5.92 Å². The highest BCUT2D eigenvalue weighted by molar-refractivity contribution is 5.70. The first-order valence-corrected chi connectivity index (χ1v) is 5.54. The lowest BCUT2D eigenvalue weighted by atomic mass is 9.93. The number of hydrogen-bond acceptors (Lipinski definition) is 2. The maximum absolute atomic E-state index is 13.5. The van der Waals surface area contributed by atoms with Gasteiger partial charge in [0.1, 0.15) is 5.75 Å². The predicted molar refractivity (Wildman–Crippen MR) is 63.1 cm³/mol. The Labute approximate surface area is 104 Å². The fourth-order valence-electron chi connectivity index (χ4n) is 1.77. The second-order valence-corrected chi connectivity index (χ2v) is 4.32. The second kappa shape index (κ2) is 5.33. The highest BCUT2D eigenvalue weighted by Crippen LogP contribution is 2.35. The Hall–Kier alpha value is -1.65. The van der Waals surface area contributed by atoms with Gasteiger partial charge in [0.25, 0.3) is 5.92 Å². The Morgan fingerprint density at radius 1 is 1.50 bits per heavy atom. The predicted octanol–water partition coefficient (Wildman–Crippen LogP) is 3.07. The first kappa shape index (κ1) is 14.4. The van der Waals surface area contributed by atoms with E-state index in [-0.39, 0.29) is 17.5 Å². The Morgan fingerprint density at radius 2 is 2.11 bits per heavy atom. The number of carboxylic acid groups (broad SMARTS) is 1. The average Bonchev–Trinajstić information content (AvgIpc) is 2.27. The average molecular weight is 258 g/mol. The van der Waals surface area contributed by atoms with Crippen LogP contribution in [0.2, 0.25) is 0 Å². The summed E-state index contributed by atoms with van der Waals surface area (Å²) in [6.45, 7) is 2.27. The van der Waals surface area contributed by atoms with E-state index in [0.717, 1.165) is 6.92 Å². The minimum Gasteiger partial charge on any atom is -0.496 e. The van der Waals surface area contributed by atoms with Crippen molar-refractivity contribution in [2.75, 3.05) is 7.11 Å². The summed E-state index contributed by atoms with van der Waals surface area (Å²) in [6.07, 6.45) is 0.0120. The molecule has 0 amide bonds. The van der Waals surface area contributed by atoms with Gasteiger partial charge < -0.3 is 9.84 Å². The van der Waals surface area contributed by atoms with Crippen molar-refractivity contribution in [1.82, 2.24) is 0 Å². The van der Waals surface area contributed by atoms with Gasteiger partial charge in [-0.15, -0.1) is 0 Å². The molecule has 1 N–H and O–H groups in total. The number of aliphatic carboxylic acids is 1. The highest BCUT2D eigenvalue weighted by atomic mass is 19.3. The van der Waals surface area contributed by atoms with Crippen molar-refractivity contribution in [2.24, 2.45) is 5.92 Å². The molecule has 0 radical (unpaired) electrons. The fraction of sp³-hybridized carbons (Fsp3) is 0.462. The molecule has 0 saturated heterocycles. The molecule has 0 aromatic heterocycles. The number of carbonyl (C=O) groups is 1. The molecule has 3 nitrogen and oxygen atoms in total. The molecule has 1 rings (SSSR count). The van der Waals surface area contributed by atoms with Gasteiger partial charge in [-0.1, -0.05) is 19.1 Å². The Bertz CT molecular complexity index is 438. The molecular weight excluding hydrogens is 242 g/mol. The minimum atomic E-state index is -3.03. The summed E-state index contributed by atoms with van der Waals surface area (Å²) in [5.74, 6) is -4.50. The molecule has 0 saturated carbocycles. The minimum absolute atomic E-state index is 0.0120. The molecule has 0 spiro atoms. The van der Waals surface area contributed by atoms with Crippen LogP contribution in [0.5, 0.6) is 5.75 Å². The maximum Gasteiger partial charge on any atom is 0.306 e. The molecule has 0 heterocycles. The van der Waals surface area contributed by atoms with E-state index in [4.69, 9.17) is 9.84 Å². The Morgan fingerprint density at radius 3 is 2.56 bits per heavy atom. The molecule has 0 aliphatic rings. The number of ether oxygens (including phenoxy) is 1. The third-order valence-electron chi connectivity index (χ3n) is 2.76. The zero-order valence-corrected chi connectivity index (χ0v) is 10.5. The number of hydrogen-bond donors (Lipinski definition) is 1. The molecule has 1 unspecified atom stereocenters. The van der Waals surface area contributed by atoms with Gasteiger partial charge in [-0.2, -0.15) is 0 Å². The molecule has 0 fully saturated rings. The summed E-state index contributed by atoms with van der Waals surface area (Å²) in [4.78, 5) is 10.8. The summed E-state index contributed by atoms with van der Waals surface area (Å²) >= 11 is 0. The summed E-state index contributed by atoms with van der Waals surface area (Å²) in [6, 6.07) is 4.33. The van der Waals surface area contributed by atoms with Crippen LogP contribution in [0.25, 0.3) is 0 Å². The van der Waals surface area contributed by atoms with Gasteiger partial charge >= 0.3 is 5.97 Å². The van der Waals surface area contributed by atoms with Crippen molar-refractivity contribution in [3.8, 4) is 5.75 Å². The lowest BCUT2D eigenvalue weighted by molar-refractivity contribution is -0.141. The first-order valence-electron chi connectivity index (χ1n) is 5.54. The van der Waals surface area contributed by atoms with Crippen molar-refractivity contribution in [2.45, 2.75) is 26.2 Å². The number of halogens is 2. The lowest BCUT2D eigenvalue weighted by Gasteiger charge is -2.19. The molecule has 5 heteroatoms. The van der Waals surface area contributed by atoms with Crippen LogP contribution < -0.4 is 4.74 Å². The van der Waals surface area contributed by atoms with Gasteiger partial charge in [0.05, 0.1) is 13.0 Å². The SMILES string of the molecule is COc1cccc(C(C)(F)F)c1CC(C)C(=O)O. The van der Waals surface area contributed by atoms with Gasteiger partial charge in [0, 0.05) is 18.1 Å².